The van der Waals surface area contributed by atoms with Crippen LogP contribution in [0.1, 0.15) is 11.3 Å². The van der Waals surface area contributed by atoms with Crippen LogP contribution in [-0.2, 0) is 11.2 Å². The zero-order valence-electron chi connectivity index (χ0n) is 8.79. The first kappa shape index (κ1) is 12.6. The molecule has 0 aromatic carbocycles. The van der Waals surface area contributed by atoms with E-state index in [1.165, 1.54) is 6.20 Å². The van der Waals surface area contributed by atoms with E-state index in [0.29, 0.717) is 11.3 Å². The molecule has 0 radical (unpaired) electrons. The summed E-state index contributed by atoms with van der Waals surface area (Å²) in [5.74, 6) is -1.09. The minimum absolute atomic E-state index is 0.114. The van der Waals surface area contributed by atoms with Gasteiger partial charge < -0.3 is 20.9 Å². The zero-order chi connectivity index (χ0) is 12.3. The molecule has 16 heavy (non-hydrogen) atoms. The molecule has 1 heterocycles. The topological polar surface area (TPSA) is 117 Å². The van der Waals surface area contributed by atoms with Gasteiger partial charge in [-0.05, 0) is 12.5 Å². The van der Waals surface area contributed by atoms with Gasteiger partial charge in [0, 0.05) is 23.8 Å². The monoisotopic (exact) mass is 224 g/mol. The number of hydrogen-bond donors (Lipinski definition) is 4. The smallest absolute Gasteiger partial charge is 0.480 e. The zero-order valence-corrected chi connectivity index (χ0v) is 8.79. The third kappa shape index (κ3) is 3.03. The van der Waals surface area contributed by atoms with Gasteiger partial charge in [0.2, 0.25) is 0 Å². The van der Waals surface area contributed by atoms with Crippen molar-refractivity contribution in [1.82, 2.24) is 4.98 Å². The van der Waals surface area contributed by atoms with E-state index in [0.717, 1.165) is 0 Å². The predicted molar refractivity (Wildman–Crippen MR) is 58.1 cm³/mol. The molecule has 0 fully saturated rings. The average Bonchev–Trinajstić information content (AvgIpc) is 2.20. The molecular formula is C9H13BN2O4. The lowest BCUT2D eigenvalue weighted by atomic mass is 9.80. The first-order chi connectivity index (χ1) is 7.41. The van der Waals surface area contributed by atoms with E-state index < -0.39 is 19.1 Å². The van der Waals surface area contributed by atoms with Crippen molar-refractivity contribution in [1.29, 1.82) is 0 Å². The van der Waals surface area contributed by atoms with E-state index in [2.05, 4.69) is 4.98 Å². The van der Waals surface area contributed by atoms with Crippen LogP contribution in [0.15, 0.2) is 12.3 Å². The highest BCUT2D eigenvalue weighted by atomic mass is 16.4. The summed E-state index contributed by atoms with van der Waals surface area (Å²) >= 11 is 0. The summed E-state index contributed by atoms with van der Waals surface area (Å²) in [6.45, 7) is 1.71. The van der Waals surface area contributed by atoms with Gasteiger partial charge >= 0.3 is 13.1 Å². The fraction of sp³-hybridized carbons (Fsp3) is 0.333. The summed E-state index contributed by atoms with van der Waals surface area (Å²) in [4.78, 5) is 14.5. The number of aliphatic carboxylic acids is 1. The molecule has 0 aliphatic rings. The molecule has 0 bridgehead atoms. The molecule has 1 aromatic rings. The number of carboxylic acids is 1. The summed E-state index contributed by atoms with van der Waals surface area (Å²) in [6.07, 6.45) is 1.41. The molecule has 0 spiro atoms. The fourth-order valence-electron chi connectivity index (χ4n) is 1.28. The van der Waals surface area contributed by atoms with Crippen molar-refractivity contribution in [3.05, 3.63) is 23.5 Å². The largest absolute Gasteiger partial charge is 0.490 e. The lowest BCUT2D eigenvalue weighted by molar-refractivity contribution is -0.138. The normalized spacial score (nSPS) is 12.2. The molecule has 0 saturated heterocycles. The maximum atomic E-state index is 10.6. The summed E-state index contributed by atoms with van der Waals surface area (Å²) in [6, 6.07) is 0.540. The number of aromatic nitrogens is 1. The SMILES string of the molecule is Cc1cc(B(O)O)cnc1CC(N)C(=O)O. The standard InChI is InChI=1S/C9H13BN2O4/c1-5-2-6(10(15)16)4-12-8(5)3-7(11)9(13)14/h2,4,7,15-16H,3,11H2,1H3,(H,13,14). The Kier molecular flexibility index (Phi) is 4.00. The Balaban J connectivity index is 2.87. The molecule has 0 saturated carbocycles. The number of nitrogens with two attached hydrogens (primary N) is 1. The molecule has 7 heteroatoms. The van der Waals surface area contributed by atoms with Crippen molar-refractivity contribution in [2.75, 3.05) is 0 Å². The molecule has 1 atom stereocenters. The van der Waals surface area contributed by atoms with Crippen molar-refractivity contribution in [3.63, 3.8) is 0 Å². The minimum Gasteiger partial charge on any atom is -0.480 e. The third-order valence-corrected chi connectivity index (χ3v) is 2.24. The molecule has 0 amide bonds. The van der Waals surface area contributed by atoms with Gasteiger partial charge in [-0.15, -0.1) is 0 Å². The summed E-state index contributed by atoms with van der Waals surface area (Å²) in [5.41, 5.74) is 6.87. The molecule has 86 valence electrons. The predicted octanol–water partition coefficient (Wildman–Crippen LogP) is -1.98. The maximum Gasteiger partial charge on any atom is 0.490 e. The highest BCUT2D eigenvalue weighted by Crippen LogP contribution is 2.05. The maximum absolute atomic E-state index is 10.6. The Labute approximate surface area is 92.9 Å². The van der Waals surface area contributed by atoms with Crippen molar-refractivity contribution < 1.29 is 19.9 Å². The summed E-state index contributed by atoms with van der Waals surface area (Å²) < 4.78 is 0. The lowest BCUT2D eigenvalue weighted by Gasteiger charge is -2.09. The number of aryl methyl sites for hydroxylation is 1. The number of carboxylic acid groups (broad SMARTS) is 1. The summed E-state index contributed by atoms with van der Waals surface area (Å²) in [5, 5.41) is 26.5. The molecule has 5 N–H and O–H groups in total. The van der Waals surface area contributed by atoms with Crippen LogP contribution in [0.3, 0.4) is 0 Å². The molecule has 0 aliphatic heterocycles. The van der Waals surface area contributed by atoms with E-state index in [9.17, 15) is 4.79 Å². The van der Waals surface area contributed by atoms with Gasteiger partial charge in [0.1, 0.15) is 6.04 Å². The summed E-state index contributed by atoms with van der Waals surface area (Å²) in [7, 11) is -1.58. The van der Waals surface area contributed by atoms with Crippen LogP contribution in [0, 0.1) is 6.92 Å². The molecule has 0 aliphatic carbocycles. The molecular weight excluding hydrogens is 211 g/mol. The van der Waals surface area contributed by atoms with E-state index in [4.69, 9.17) is 20.9 Å². The number of carbonyl (C=O) groups is 1. The van der Waals surface area contributed by atoms with Gasteiger partial charge in [-0.25, -0.2) is 0 Å². The second-order valence-electron chi connectivity index (χ2n) is 3.55. The van der Waals surface area contributed by atoms with Crippen LogP contribution < -0.4 is 11.2 Å². The number of nitrogens with zero attached hydrogens (tertiary/aromatic N) is 1. The Hall–Kier alpha value is -1.44. The van der Waals surface area contributed by atoms with Crippen LogP contribution >= 0.6 is 0 Å². The molecule has 1 unspecified atom stereocenters. The van der Waals surface area contributed by atoms with Gasteiger partial charge in [0.25, 0.3) is 0 Å². The van der Waals surface area contributed by atoms with Gasteiger partial charge in [-0.3, -0.25) is 9.78 Å². The van der Waals surface area contributed by atoms with E-state index >= 15 is 0 Å². The molecule has 6 nitrogen and oxygen atoms in total. The van der Waals surface area contributed by atoms with Gasteiger partial charge in [0.05, 0.1) is 0 Å². The van der Waals surface area contributed by atoms with Gasteiger partial charge in [-0.2, -0.15) is 0 Å². The van der Waals surface area contributed by atoms with Crippen molar-refractivity contribution in [2.45, 2.75) is 19.4 Å². The molecule has 1 rings (SSSR count). The van der Waals surface area contributed by atoms with Gasteiger partial charge in [-0.1, -0.05) is 6.07 Å². The van der Waals surface area contributed by atoms with Gasteiger partial charge in [0.15, 0.2) is 0 Å². The van der Waals surface area contributed by atoms with Crippen LogP contribution in [0.4, 0.5) is 0 Å². The van der Waals surface area contributed by atoms with Crippen LogP contribution in [0.25, 0.3) is 0 Å². The number of hydrogen-bond acceptors (Lipinski definition) is 5. The molecule has 1 aromatic heterocycles. The minimum atomic E-state index is -1.58. The lowest BCUT2D eigenvalue weighted by Crippen LogP contribution is -2.34. The number of pyridine rings is 1. The first-order valence-corrected chi connectivity index (χ1v) is 4.71. The van der Waals surface area contributed by atoms with Crippen molar-refractivity contribution >= 4 is 18.6 Å². The first-order valence-electron chi connectivity index (χ1n) is 4.71. The highest BCUT2D eigenvalue weighted by Gasteiger charge is 2.17. The van der Waals surface area contributed by atoms with E-state index in [1.54, 1.807) is 13.0 Å². The Morgan fingerprint density at radius 3 is 2.69 bits per heavy atom. The van der Waals surface area contributed by atoms with E-state index in [-0.39, 0.29) is 11.9 Å². The number of rotatable bonds is 4. The highest BCUT2D eigenvalue weighted by molar-refractivity contribution is 6.58. The fourth-order valence-corrected chi connectivity index (χ4v) is 1.28. The van der Waals surface area contributed by atoms with Crippen LogP contribution in [0.5, 0.6) is 0 Å². The van der Waals surface area contributed by atoms with Crippen molar-refractivity contribution in [3.8, 4) is 0 Å². The van der Waals surface area contributed by atoms with Crippen LogP contribution in [-0.4, -0.2) is 39.3 Å². The third-order valence-electron chi connectivity index (χ3n) is 2.24. The Bertz CT molecular complexity index is 397. The second-order valence-corrected chi connectivity index (χ2v) is 3.55. The Morgan fingerprint density at radius 1 is 1.62 bits per heavy atom. The van der Waals surface area contributed by atoms with Crippen LogP contribution in [0.2, 0.25) is 0 Å². The second kappa shape index (κ2) is 5.06. The quantitative estimate of drug-likeness (QED) is 0.440. The van der Waals surface area contributed by atoms with Crippen molar-refractivity contribution in [2.24, 2.45) is 5.73 Å². The van der Waals surface area contributed by atoms with E-state index in [1.807, 2.05) is 0 Å². The Morgan fingerprint density at radius 2 is 2.25 bits per heavy atom. The average molecular weight is 224 g/mol.